The number of carboxylic acids is 1. The monoisotopic (exact) mass is 315 g/mol. The van der Waals surface area contributed by atoms with Gasteiger partial charge in [-0.1, -0.05) is 0 Å². The van der Waals surface area contributed by atoms with Crippen molar-refractivity contribution in [1.82, 2.24) is 14.3 Å². The van der Waals surface area contributed by atoms with E-state index in [1.165, 1.54) is 15.5 Å². The molecular formula is C16H17N3O4. The van der Waals surface area contributed by atoms with Crippen molar-refractivity contribution < 1.29 is 14.7 Å². The topological polar surface area (TPSA) is 92.0 Å². The number of amides is 1. The van der Waals surface area contributed by atoms with Crippen LogP contribution in [0.1, 0.15) is 29.3 Å². The molecule has 1 fully saturated rings. The molecule has 0 radical (unpaired) electrons. The highest BCUT2D eigenvalue weighted by Crippen LogP contribution is 2.30. The van der Waals surface area contributed by atoms with Gasteiger partial charge in [-0.2, -0.15) is 0 Å². The molecule has 1 saturated heterocycles. The lowest BCUT2D eigenvalue weighted by Gasteiger charge is -2.20. The minimum Gasteiger partial charge on any atom is -0.481 e. The van der Waals surface area contributed by atoms with Crippen LogP contribution in [0.4, 0.5) is 0 Å². The molecule has 2 aromatic heterocycles. The number of hydrogen-bond donors (Lipinski definition) is 1. The number of rotatable bonds is 2. The van der Waals surface area contributed by atoms with Crippen LogP contribution in [0.25, 0.3) is 5.65 Å². The van der Waals surface area contributed by atoms with Crippen LogP contribution in [-0.4, -0.2) is 44.4 Å². The number of aryl methyl sites for hydroxylation is 1. The molecule has 0 spiro atoms. The Labute approximate surface area is 132 Å². The van der Waals surface area contributed by atoms with E-state index in [0.29, 0.717) is 18.6 Å². The predicted octanol–water partition coefficient (Wildman–Crippen LogP) is 0.940. The van der Waals surface area contributed by atoms with Gasteiger partial charge in [0, 0.05) is 25.5 Å². The standard InChI is InChI=1S/C16H17N3O4/c1-10-3-5-19-12(7-10)17-8-11(14(19)21)13(20)18-6-4-16(2,9-18)15(22)23/h3,5,7-8H,4,6,9H2,1-2H3,(H,22,23)/t16-/m1/s1. The molecule has 1 amide bonds. The van der Waals surface area contributed by atoms with Gasteiger partial charge in [0.1, 0.15) is 11.2 Å². The molecule has 0 saturated carbocycles. The Kier molecular flexibility index (Phi) is 3.43. The number of aromatic nitrogens is 2. The number of carbonyl (C=O) groups excluding carboxylic acids is 1. The van der Waals surface area contributed by atoms with E-state index < -0.39 is 22.9 Å². The molecule has 23 heavy (non-hydrogen) atoms. The molecule has 0 bridgehead atoms. The lowest BCUT2D eigenvalue weighted by molar-refractivity contribution is -0.147. The first-order valence-corrected chi connectivity index (χ1v) is 7.32. The molecule has 7 heteroatoms. The summed E-state index contributed by atoms with van der Waals surface area (Å²) in [5, 5.41) is 9.25. The Morgan fingerprint density at radius 2 is 2.13 bits per heavy atom. The summed E-state index contributed by atoms with van der Waals surface area (Å²) in [6.07, 6.45) is 3.23. The van der Waals surface area contributed by atoms with Crippen molar-refractivity contribution >= 4 is 17.5 Å². The van der Waals surface area contributed by atoms with Gasteiger partial charge in [0.2, 0.25) is 0 Å². The average Bonchev–Trinajstić information content (AvgIpc) is 2.91. The van der Waals surface area contributed by atoms with E-state index in [-0.39, 0.29) is 12.1 Å². The maximum atomic E-state index is 12.6. The quantitative estimate of drug-likeness (QED) is 0.890. The summed E-state index contributed by atoms with van der Waals surface area (Å²) in [5.41, 5.74) is -0.00577. The molecular weight excluding hydrogens is 298 g/mol. The van der Waals surface area contributed by atoms with Crippen LogP contribution in [0.3, 0.4) is 0 Å². The fourth-order valence-corrected chi connectivity index (χ4v) is 2.80. The van der Waals surface area contributed by atoms with Gasteiger partial charge >= 0.3 is 5.97 Å². The van der Waals surface area contributed by atoms with Gasteiger partial charge in [0.05, 0.1) is 5.41 Å². The summed E-state index contributed by atoms with van der Waals surface area (Å²) in [6, 6.07) is 3.52. The molecule has 0 aromatic carbocycles. The Morgan fingerprint density at radius 1 is 1.39 bits per heavy atom. The summed E-state index contributed by atoms with van der Waals surface area (Å²) >= 11 is 0. The first-order valence-electron chi connectivity index (χ1n) is 7.32. The van der Waals surface area contributed by atoms with Crippen LogP contribution in [0, 0.1) is 12.3 Å². The Morgan fingerprint density at radius 3 is 2.78 bits per heavy atom. The minimum absolute atomic E-state index is 0.0407. The second-order valence-corrected chi connectivity index (χ2v) is 6.25. The van der Waals surface area contributed by atoms with E-state index in [4.69, 9.17) is 0 Å². The summed E-state index contributed by atoms with van der Waals surface area (Å²) in [4.78, 5) is 41.9. The number of fused-ring (bicyclic) bond motifs is 1. The highest BCUT2D eigenvalue weighted by Gasteiger charge is 2.42. The molecule has 3 rings (SSSR count). The molecule has 7 nitrogen and oxygen atoms in total. The lowest BCUT2D eigenvalue weighted by Crippen LogP contribution is -2.37. The first kappa shape index (κ1) is 15.2. The Balaban J connectivity index is 1.96. The number of nitrogens with zero attached hydrogens (tertiary/aromatic N) is 3. The van der Waals surface area contributed by atoms with E-state index >= 15 is 0 Å². The van der Waals surface area contributed by atoms with Gasteiger partial charge < -0.3 is 10.0 Å². The van der Waals surface area contributed by atoms with Crippen molar-refractivity contribution in [2.45, 2.75) is 20.3 Å². The second kappa shape index (κ2) is 5.19. The van der Waals surface area contributed by atoms with Crippen molar-refractivity contribution in [2.75, 3.05) is 13.1 Å². The van der Waals surface area contributed by atoms with Gasteiger partial charge in [0.25, 0.3) is 11.5 Å². The zero-order chi connectivity index (χ0) is 16.8. The number of hydrogen-bond acceptors (Lipinski definition) is 4. The normalized spacial score (nSPS) is 20.9. The van der Waals surface area contributed by atoms with E-state index in [1.54, 1.807) is 25.3 Å². The van der Waals surface area contributed by atoms with Crippen LogP contribution in [0.2, 0.25) is 0 Å². The molecule has 3 heterocycles. The van der Waals surface area contributed by atoms with Gasteiger partial charge in [-0.3, -0.25) is 18.8 Å². The predicted molar refractivity (Wildman–Crippen MR) is 82.5 cm³/mol. The summed E-state index contributed by atoms with van der Waals surface area (Å²) in [7, 11) is 0. The minimum atomic E-state index is -0.965. The third-order valence-corrected chi connectivity index (χ3v) is 4.37. The largest absolute Gasteiger partial charge is 0.481 e. The van der Waals surface area contributed by atoms with Crippen LogP contribution in [-0.2, 0) is 4.79 Å². The maximum Gasteiger partial charge on any atom is 0.311 e. The lowest BCUT2D eigenvalue weighted by atomic mass is 9.90. The smallest absolute Gasteiger partial charge is 0.311 e. The number of carbonyl (C=O) groups is 2. The van der Waals surface area contributed by atoms with Crippen LogP contribution < -0.4 is 5.56 Å². The average molecular weight is 315 g/mol. The SMILES string of the molecule is Cc1ccn2c(=O)c(C(=O)N3CC[C@@](C)(C(=O)O)C3)cnc2c1. The third kappa shape index (κ3) is 2.48. The van der Waals surface area contributed by atoms with Gasteiger partial charge in [-0.15, -0.1) is 0 Å². The van der Waals surface area contributed by atoms with E-state index in [9.17, 15) is 19.5 Å². The number of carboxylic acid groups (broad SMARTS) is 1. The zero-order valence-corrected chi connectivity index (χ0v) is 12.9. The van der Waals surface area contributed by atoms with Gasteiger partial charge in [-0.05, 0) is 38.0 Å². The van der Waals surface area contributed by atoms with Crippen LogP contribution in [0.15, 0.2) is 29.3 Å². The summed E-state index contributed by atoms with van der Waals surface area (Å²) in [5.74, 6) is -1.40. The van der Waals surface area contributed by atoms with Crippen LogP contribution >= 0.6 is 0 Å². The van der Waals surface area contributed by atoms with E-state index in [0.717, 1.165) is 5.56 Å². The molecule has 1 atom stereocenters. The van der Waals surface area contributed by atoms with E-state index in [2.05, 4.69) is 4.98 Å². The first-order chi connectivity index (χ1) is 10.8. The summed E-state index contributed by atoms with van der Waals surface area (Å²) in [6.45, 7) is 3.91. The zero-order valence-electron chi connectivity index (χ0n) is 12.9. The Hall–Kier alpha value is -2.70. The molecule has 1 aliphatic heterocycles. The molecule has 120 valence electrons. The second-order valence-electron chi connectivity index (χ2n) is 6.25. The Bertz CT molecular complexity index is 873. The fraction of sp³-hybridized carbons (Fsp3) is 0.375. The van der Waals surface area contributed by atoms with Crippen molar-refractivity contribution in [3.8, 4) is 0 Å². The molecule has 0 unspecified atom stereocenters. The molecule has 2 aromatic rings. The highest BCUT2D eigenvalue weighted by atomic mass is 16.4. The van der Waals surface area contributed by atoms with Gasteiger partial charge in [0.15, 0.2) is 0 Å². The summed E-state index contributed by atoms with van der Waals surface area (Å²) < 4.78 is 1.33. The number of likely N-dealkylation sites (tertiary alicyclic amines) is 1. The van der Waals surface area contributed by atoms with Crippen LogP contribution in [0.5, 0.6) is 0 Å². The van der Waals surface area contributed by atoms with Crippen molar-refractivity contribution in [1.29, 1.82) is 0 Å². The molecule has 1 aliphatic rings. The van der Waals surface area contributed by atoms with Crippen molar-refractivity contribution in [2.24, 2.45) is 5.41 Å². The molecule has 1 N–H and O–H groups in total. The highest BCUT2D eigenvalue weighted by molar-refractivity contribution is 5.94. The van der Waals surface area contributed by atoms with Crippen molar-refractivity contribution in [3.63, 3.8) is 0 Å². The van der Waals surface area contributed by atoms with Crippen molar-refractivity contribution in [3.05, 3.63) is 46.0 Å². The van der Waals surface area contributed by atoms with Gasteiger partial charge in [-0.25, -0.2) is 4.98 Å². The number of aliphatic carboxylic acids is 1. The fourth-order valence-electron chi connectivity index (χ4n) is 2.80. The van der Waals surface area contributed by atoms with E-state index in [1.807, 2.05) is 6.92 Å². The molecule has 0 aliphatic carbocycles. The third-order valence-electron chi connectivity index (χ3n) is 4.37. The number of pyridine rings is 1. The maximum absolute atomic E-state index is 12.6.